The van der Waals surface area contributed by atoms with Gasteiger partial charge in [-0.15, -0.1) is 11.3 Å². The number of carbonyl (C=O) groups excluding carboxylic acids is 1. The number of sulfonamides is 1. The first kappa shape index (κ1) is 19.0. The summed E-state index contributed by atoms with van der Waals surface area (Å²) in [7, 11) is -3.66. The molecule has 0 aliphatic carbocycles. The average Bonchev–Trinajstić information content (AvgIpc) is 3.13. The second kappa shape index (κ2) is 8.74. The third-order valence-electron chi connectivity index (χ3n) is 3.63. The molecule has 0 bridgehead atoms. The molecule has 3 rings (SSSR count). The van der Waals surface area contributed by atoms with Crippen molar-refractivity contribution in [3.8, 4) is 0 Å². The predicted molar refractivity (Wildman–Crippen MR) is 104 cm³/mol. The second-order valence-electron chi connectivity index (χ2n) is 5.66. The van der Waals surface area contributed by atoms with Crippen molar-refractivity contribution in [1.29, 1.82) is 0 Å². The number of aryl methyl sites for hydroxylation is 1. The molecular formula is C18H18N4O3S2. The Morgan fingerprint density at radius 3 is 2.56 bits per heavy atom. The molecule has 0 unspecified atom stereocenters. The summed E-state index contributed by atoms with van der Waals surface area (Å²) in [4.78, 5) is 20.5. The lowest BCUT2D eigenvalue weighted by atomic mass is 10.2. The highest BCUT2D eigenvalue weighted by Gasteiger charge is 2.15. The Morgan fingerprint density at radius 1 is 1.04 bits per heavy atom. The number of hydrogen-bond acceptors (Lipinski definition) is 6. The van der Waals surface area contributed by atoms with E-state index in [2.05, 4.69) is 20.0 Å². The minimum Gasteiger partial charge on any atom is -0.350 e. The van der Waals surface area contributed by atoms with Crippen LogP contribution >= 0.6 is 11.3 Å². The van der Waals surface area contributed by atoms with Crippen molar-refractivity contribution in [3.05, 3.63) is 71.5 Å². The lowest BCUT2D eigenvalue weighted by Gasteiger charge is -2.05. The van der Waals surface area contributed by atoms with E-state index in [-0.39, 0.29) is 22.4 Å². The van der Waals surface area contributed by atoms with Gasteiger partial charge in [0.1, 0.15) is 0 Å². The highest BCUT2D eigenvalue weighted by molar-refractivity contribution is 7.93. The number of hydrogen-bond donors (Lipinski definition) is 2. The van der Waals surface area contributed by atoms with Gasteiger partial charge in [0.2, 0.25) is 5.91 Å². The number of nitrogens with zero attached hydrogens (tertiary/aromatic N) is 2. The van der Waals surface area contributed by atoms with Crippen molar-refractivity contribution >= 4 is 32.4 Å². The van der Waals surface area contributed by atoms with Crippen LogP contribution in [0.25, 0.3) is 0 Å². The summed E-state index contributed by atoms with van der Waals surface area (Å²) >= 11 is 1.19. The highest BCUT2D eigenvalue weighted by Crippen LogP contribution is 2.20. The lowest BCUT2D eigenvalue weighted by molar-refractivity contribution is -0.121. The van der Waals surface area contributed by atoms with Crippen LogP contribution in [0.5, 0.6) is 0 Å². The number of rotatable bonds is 8. The first-order chi connectivity index (χ1) is 13.0. The molecule has 2 heterocycles. The number of aromatic nitrogens is 2. The van der Waals surface area contributed by atoms with Gasteiger partial charge >= 0.3 is 0 Å². The first-order valence-electron chi connectivity index (χ1n) is 8.22. The molecule has 1 amide bonds. The molecule has 2 N–H and O–H groups in total. The molecule has 0 aliphatic heterocycles. The van der Waals surface area contributed by atoms with Crippen molar-refractivity contribution in [2.24, 2.45) is 0 Å². The molecule has 2 aromatic heterocycles. The van der Waals surface area contributed by atoms with Gasteiger partial charge < -0.3 is 5.32 Å². The molecular weight excluding hydrogens is 384 g/mol. The fourth-order valence-corrected chi connectivity index (χ4v) is 4.28. The predicted octanol–water partition coefficient (Wildman–Crippen LogP) is 2.59. The van der Waals surface area contributed by atoms with E-state index in [4.69, 9.17) is 0 Å². The van der Waals surface area contributed by atoms with Gasteiger partial charge in [-0.25, -0.2) is 13.4 Å². The van der Waals surface area contributed by atoms with Crippen LogP contribution in [0.4, 0.5) is 5.13 Å². The molecule has 0 spiro atoms. The van der Waals surface area contributed by atoms with E-state index in [0.717, 1.165) is 5.69 Å². The van der Waals surface area contributed by atoms with E-state index in [1.54, 1.807) is 29.8 Å². The van der Waals surface area contributed by atoms with Gasteiger partial charge in [0.15, 0.2) is 5.13 Å². The van der Waals surface area contributed by atoms with Crippen molar-refractivity contribution in [2.75, 3.05) is 4.72 Å². The number of thiazole rings is 1. The van der Waals surface area contributed by atoms with E-state index < -0.39 is 10.0 Å². The van der Waals surface area contributed by atoms with Crippen LogP contribution in [-0.4, -0.2) is 24.3 Å². The van der Waals surface area contributed by atoms with Crippen LogP contribution in [0.2, 0.25) is 0 Å². The molecule has 1 aromatic carbocycles. The maximum atomic E-state index is 12.3. The highest BCUT2D eigenvalue weighted by atomic mass is 32.2. The molecule has 0 aliphatic rings. The molecule has 3 aromatic rings. The SMILES string of the molecule is O=C(CCc1csc(NS(=O)(=O)c2ccccc2)n1)NCc1ccccn1. The third kappa shape index (κ3) is 5.60. The van der Waals surface area contributed by atoms with E-state index in [0.29, 0.717) is 18.7 Å². The van der Waals surface area contributed by atoms with Crippen molar-refractivity contribution in [2.45, 2.75) is 24.3 Å². The maximum Gasteiger partial charge on any atom is 0.263 e. The molecule has 0 saturated carbocycles. The fourth-order valence-electron chi connectivity index (χ4n) is 2.26. The van der Waals surface area contributed by atoms with Gasteiger partial charge in [0.25, 0.3) is 10.0 Å². The van der Waals surface area contributed by atoms with Crippen LogP contribution in [0.3, 0.4) is 0 Å². The van der Waals surface area contributed by atoms with Gasteiger partial charge in [0.05, 0.1) is 22.8 Å². The first-order valence-corrected chi connectivity index (χ1v) is 10.6. The van der Waals surface area contributed by atoms with Crippen molar-refractivity contribution in [3.63, 3.8) is 0 Å². The molecule has 7 nitrogen and oxygen atoms in total. The summed E-state index contributed by atoms with van der Waals surface area (Å²) in [5.74, 6) is -0.111. The molecule has 9 heteroatoms. The van der Waals surface area contributed by atoms with Gasteiger partial charge in [-0.2, -0.15) is 0 Å². The Labute approximate surface area is 161 Å². The molecule has 140 valence electrons. The van der Waals surface area contributed by atoms with Crippen LogP contribution < -0.4 is 10.0 Å². The second-order valence-corrected chi connectivity index (χ2v) is 8.20. The normalized spacial score (nSPS) is 11.1. The molecule has 0 fully saturated rings. The summed E-state index contributed by atoms with van der Waals surface area (Å²) < 4.78 is 27.0. The molecule has 0 radical (unpaired) electrons. The number of benzene rings is 1. The van der Waals surface area contributed by atoms with E-state index in [1.807, 2.05) is 18.2 Å². The third-order valence-corrected chi connectivity index (χ3v) is 5.92. The number of anilines is 1. The molecule has 0 atom stereocenters. The van der Waals surface area contributed by atoms with Crippen molar-refractivity contribution < 1.29 is 13.2 Å². The zero-order chi connectivity index (χ0) is 19.1. The van der Waals surface area contributed by atoms with E-state index in [1.165, 1.54) is 23.5 Å². The average molecular weight is 403 g/mol. The number of carbonyl (C=O) groups is 1. The summed E-state index contributed by atoms with van der Waals surface area (Å²) in [6, 6.07) is 13.6. The Kier molecular flexibility index (Phi) is 6.15. The summed E-state index contributed by atoms with van der Waals surface area (Å²) in [6.07, 6.45) is 2.37. The standard InChI is InChI=1S/C18H18N4O3S2/c23-17(20-12-14-6-4-5-11-19-14)10-9-15-13-26-18(21-15)22-27(24,25)16-7-2-1-3-8-16/h1-8,11,13H,9-10,12H2,(H,20,23)(H,21,22). The topological polar surface area (TPSA) is 101 Å². The maximum absolute atomic E-state index is 12.3. The van der Waals surface area contributed by atoms with Gasteiger partial charge in [-0.05, 0) is 30.7 Å². The van der Waals surface area contributed by atoms with Crippen LogP contribution in [-0.2, 0) is 27.8 Å². The Balaban J connectivity index is 1.50. The van der Waals surface area contributed by atoms with Crippen LogP contribution in [0, 0.1) is 0 Å². The summed E-state index contributed by atoms with van der Waals surface area (Å²) in [5.41, 5.74) is 1.45. The lowest BCUT2D eigenvalue weighted by Crippen LogP contribution is -2.23. The van der Waals surface area contributed by atoms with Gasteiger partial charge in [0, 0.05) is 18.0 Å². The molecule has 0 saturated heterocycles. The van der Waals surface area contributed by atoms with Gasteiger partial charge in [-0.3, -0.25) is 14.5 Å². The molecule has 27 heavy (non-hydrogen) atoms. The fraction of sp³-hybridized carbons (Fsp3) is 0.167. The minimum absolute atomic E-state index is 0.111. The summed E-state index contributed by atoms with van der Waals surface area (Å²) in [5, 5.41) is 4.82. The number of amides is 1. The number of nitrogens with one attached hydrogen (secondary N) is 2. The zero-order valence-corrected chi connectivity index (χ0v) is 16.0. The van der Waals surface area contributed by atoms with Crippen LogP contribution in [0.1, 0.15) is 17.8 Å². The van der Waals surface area contributed by atoms with Gasteiger partial charge in [-0.1, -0.05) is 24.3 Å². The largest absolute Gasteiger partial charge is 0.350 e. The quantitative estimate of drug-likeness (QED) is 0.603. The monoisotopic (exact) mass is 402 g/mol. The van der Waals surface area contributed by atoms with E-state index >= 15 is 0 Å². The van der Waals surface area contributed by atoms with Crippen molar-refractivity contribution in [1.82, 2.24) is 15.3 Å². The minimum atomic E-state index is -3.66. The zero-order valence-electron chi connectivity index (χ0n) is 14.3. The van der Waals surface area contributed by atoms with Crippen LogP contribution in [0.15, 0.2) is 65.0 Å². The Hall–Kier alpha value is -2.78. The Morgan fingerprint density at radius 2 is 1.81 bits per heavy atom. The smallest absolute Gasteiger partial charge is 0.263 e. The Bertz CT molecular complexity index is 990. The summed E-state index contributed by atoms with van der Waals surface area (Å²) in [6.45, 7) is 0.374. The van der Waals surface area contributed by atoms with E-state index in [9.17, 15) is 13.2 Å². The number of pyridine rings is 1.